The van der Waals surface area contributed by atoms with Crippen molar-refractivity contribution in [1.29, 1.82) is 5.41 Å². The van der Waals surface area contributed by atoms with Crippen molar-refractivity contribution in [3.8, 4) is 0 Å². The summed E-state index contributed by atoms with van der Waals surface area (Å²) in [5.41, 5.74) is 4.50. The van der Waals surface area contributed by atoms with Crippen LogP contribution in [0.3, 0.4) is 0 Å². The van der Waals surface area contributed by atoms with Gasteiger partial charge >= 0.3 is 0 Å². The second kappa shape index (κ2) is 6.71. The molecule has 1 aliphatic heterocycles. The zero-order valence-corrected chi connectivity index (χ0v) is 6.56. The third-order valence-corrected chi connectivity index (χ3v) is 1.62. The Labute approximate surface area is 62.5 Å². The molecule has 10 heavy (non-hydrogen) atoms. The van der Waals surface area contributed by atoms with Crippen LogP contribution in [0, 0.1) is 11.3 Å². The fraction of sp³-hybridized carbons (Fsp3) is 0.857. The molecular weight excluding hydrogens is 126 g/mol. The van der Waals surface area contributed by atoms with E-state index in [0.29, 0.717) is 5.92 Å². The zero-order valence-electron chi connectivity index (χ0n) is 6.56. The Kier molecular flexibility index (Phi) is 6.43. The van der Waals surface area contributed by atoms with Gasteiger partial charge in [-0.1, -0.05) is 0 Å². The Hall–Kier alpha value is -0.410. The number of hydrogen-bond acceptors (Lipinski definition) is 3. The molecule has 0 radical (unpaired) electrons. The summed E-state index contributed by atoms with van der Waals surface area (Å²) in [7, 11) is 1.50. The van der Waals surface area contributed by atoms with E-state index in [0.717, 1.165) is 25.9 Å². The van der Waals surface area contributed by atoms with Crippen LogP contribution in [0.15, 0.2) is 0 Å². The molecule has 60 valence electrons. The molecule has 0 saturated carbocycles. The fourth-order valence-corrected chi connectivity index (χ4v) is 1.01. The highest BCUT2D eigenvalue weighted by Gasteiger charge is 2.08. The molecule has 3 heteroatoms. The molecule has 0 aliphatic carbocycles. The molecule has 0 aromatic rings. The minimum Gasteiger partial charge on any atom is -0.333 e. The normalized spacial score (nSPS) is 19.0. The number of nitrogens with two attached hydrogens (primary N) is 1. The van der Waals surface area contributed by atoms with Crippen LogP contribution in [0.2, 0.25) is 0 Å². The van der Waals surface area contributed by atoms with Gasteiger partial charge in [-0.05, 0) is 45.1 Å². The molecule has 0 unspecified atom stereocenters. The Morgan fingerprint density at radius 1 is 1.40 bits per heavy atom. The number of rotatable bonds is 1. The lowest BCUT2D eigenvalue weighted by Gasteiger charge is -2.17. The predicted molar refractivity (Wildman–Crippen MR) is 44.5 cm³/mol. The third kappa shape index (κ3) is 3.58. The zero-order chi connectivity index (χ0) is 7.82. The Morgan fingerprint density at radius 2 is 1.90 bits per heavy atom. The first-order valence-electron chi connectivity index (χ1n) is 3.72. The maximum Gasteiger partial charge on any atom is -0.00158 e. The van der Waals surface area contributed by atoms with Crippen LogP contribution in [0.5, 0.6) is 0 Å². The van der Waals surface area contributed by atoms with Gasteiger partial charge in [0.25, 0.3) is 0 Å². The van der Waals surface area contributed by atoms with Crippen molar-refractivity contribution in [1.82, 2.24) is 5.32 Å². The van der Waals surface area contributed by atoms with Crippen LogP contribution < -0.4 is 11.1 Å². The second-order valence-corrected chi connectivity index (χ2v) is 2.25. The lowest BCUT2D eigenvalue weighted by molar-refractivity contribution is 0.461. The van der Waals surface area contributed by atoms with Crippen LogP contribution in [0.4, 0.5) is 0 Å². The van der Waals surface area contributed by atoms with E-state index in [4.69, 9.17) is 5.41 Å². The molecule has 3 nitrogen and oxygen atoms in total. The van der Waals surface area contributed by atoms with E-state index in [1.54, 1.807) is 6.21 Å². The standard InChI is InChI=1S/C6H12N2.CH5N/c7-5-6-1-3-8-4-2-6;1-2/h5-8H,1-4H2;2H2,1H3. The molecule has 1 fully saturated rings. The van der Waals surface area contributed by atoms with E-state index in [9.17, 15) is 0 Å². The first-order chi connectivity index (χ1) is 4.93. The predicted octanol–water partition coefficient (Wildman–Crippen LogP) is 0.210. The molecule has 4 N–H and O–H groups in total. The van der Waals surface area contributed by atoms with E-state index >= 15 is 0 Å². The minimum absolute atomic E-state index is 0.566. The molecule has 1 saturated heterocycles. The van der Waals surface area contributed by atoms with Crippen LogP contribution in [0.1, 0.15) is 12.8 Å². The van der Waals surface area contributed by atoms with Crippen molar-refractivity contribution < 1.29 is 0 Å². The SMILES string of the molecule is CN.N=CC1CCNCC1. The summed E-state index contributed by atoms with van der Waals surface area (Å²) in [5.74, 6) is 0.566. The van der Waals surface area contributed by atoms with Crippen LogP contribution in [0.25, 0.3) is 0 Å². The number of piperidine rings is 1. The van der Waals surface area contributed by atoms with Crippen LogP contribution in [-0.4, -0.2) is 26.4 Å². The highest BCUT2D eigenvalue weighted by molar-refractivity contribution is 5.56. The van der Waals surface area contributed by atoms with Gasteiger partial charge in [0, 0.05) is 0 Å². The maximum absolute atomic E-state index is 6.94. The highest BCUT2D eigenvalue weighted by atomic mass is 14.9. The molecule has 0 spiro atoms. The van der Waals surface area contributed by atoms with E-state index in [1.807, 2.05) is 0 Å². The highest BCUT2D eigenvalue weighted by Crippen LogP contribution is 2.06. The van der Waals surface area contributed by atoms with Crippen molar-refractivity contribution in [2.24, 2.45) is 11.7 Å². The monoisotopic (exact) mass is 143 g/mol. The topological polar surface area (TPSA) is 61.9 Å². The van der Waals surface area contributed by atoms with Gasteiger partial charge < -0.3 is 16.5 Å². The average molecular weight is 143 g/mol. The third-order valence-electron chi connectivity index (χ3n) is 1.62. The van der Waals surface area contributed by atoms with Crippen molar-refractivity contribution >= 4 is 6.21 Å². The molecule has 0 amide bonds. The largest absolute Gasteiger partial charge is 0.333 e. The van der Waals surface area contributed by atoms with Crippen molar-refractivity contribution in [2.45, 2.75) is 12.8 Å². The summed E-state index contributed by atoms with van der Waals surface area (Å²) in [6, 6.07) is 0. The number of nitrogens with one attached hydrogen (secondary N) is 2. The fourth-order valence-electron chi connectivity index (χ4n) is 1.01. The summed E-state index contributed by atoms with van der Waals surface area (Å²) in [4.78, 5) is 0. The Bertz CT molecular complexity index is 76.9. The quantitative estimate of drug-likeness (QED) is 0.459. The van der Waals surface area contributed by atoms with Gasteiger partial charge in [0.2, 0.25) is 0 Å². The molecule has 1 rings (SSSR count). The van der Waals surface area contributed by atoms with Gasteiger partial charge in [-0.25, -0.2) is 0 Å². The Balaban J connectivity index is 0.000000371. The lowest BCUT2D eigenvalue weighted by Crippen LogP contribution is -2.28. The average Bonchev–Trinajstić information content (AvgIpc) is 2.10. The lowest BCUT2D eigenvalue weighted by atomic mass is 10.0. The van der Waals surface area contributed by atoms with E-state index in [1.165, 1.54) is 7.05 Å². The first-order valence-corrected chi connectivity index (χ1v) is 3.72. The van der Waals surface area contributed by atoms with Crippen LogP contribution >= 0.6 is 0 Å². The van der Waals surface area contributed by atoms with Gasteiger partial charge in [-0.15, -0.1) is 0 Å². The molecular formula is C7H17N3. The smallest absolute Gasteiger partial charge is 0.00158 e. The maximum atomic E-state index is 6.94. The molecule has 1 heterocycles. The first kappa shape index (κ1) is 9.59. The number of hydrogen-bond donors (Lipinski definition) is 3. The minimum atomic E-state index is 0.566. The summed E-state index contributed by atoms with van der Waals surface area (Å²) < 4.78 is 0. The van der Waals surface area contributed by atoms with Crippen molar-refractivity contribution in [2.75, 3.05) is 20.1 Å². The van der Waals surface area contributed by atoms with Gasteiger partial charge in [0.1, 0.15) is 0 Å². The van der Waals surface area contributed by atoms with E-state index in [-0.39, 0.29) is 0 Å². The molecule has 0 aromatic carbocycles. The van der Waals surface area contributed by atoms with Crippen LogP contribution in [-0.2, 0) is 0 Å². The summed E-state index contributed by atoms with van der Waals surface area (Å²) in [6.45, 7) is 2.19. The summed E-state index contributed by atoms with van der Waals surface area (Å²) in [6.07, 6.45) is 3.88. The second-order valence-electron chi connectivity index (χ2n) is 2.25. The Morgan fingerprint density at radius 3 is 2.20 bits per heavy atom. The van der Waals surface area contributed by atoms with Crippen molar-refractivity contribution in [3.63, 3.8) is 0 Å². The molecule has 0 atom stereocenters. The van der Waals surface area contributed by atoms with Gasteiger partial charge in [-0.3, -0.25) is 0 Å². The summed E-state index contributed by atoms with van der Waals surface area (Å²) >= 11 is 0. The molecule has 0 bridgehead atoms. The molecule has 1 aliphatic rings. The van der Waals surface area contributed by atoms with E-state index in [2.05, 4.69) is 11.1 Å². The van der Waals surface area contributed by atoms with Gasteiger partial charge in [-0.2, -0.15) is 0 Å². The van der Waals surface area contributed by atoms with Gasteiger partial charge in [0.15, 0.2) is 0 Å². The van der Waals surface area contributed by atoms with E-state index < -0.39 is 0 Å². The molecule has 0 aromatic heterocycles. The van der Waals surface area contributed by atoms with Crippen molar-refractivity contribution in [3.05, 3.63) is 0 Å². The summed E-state index contributed by atoms with van der Waals surface area (Å²) in [5, 5.41) is 10.2. The van der Waals surface area contributed by atoms with Gasteiger partial charge in [0.05, 0.1) is 0 Å².